The van der Waals surface area contributed by atoms with E-state index in [0.717, 1.165) is 33.9 Å². The summed E-state index contributed by atoms with van der Waals surface area (Å²) in [5.74, 6) is 0.901. The third kappa shape index (κ3) is 2.72. The second-order valence-electron chi connectivity index (χ2n) is 5.59. The van der Waals surface area contributed by atoms with Gasteiger partial charge in [0, 0.05) is 11.1 Å². The Morgan fingerprint density at radius 3 is 1.92 bits per heavy atom. The third-order valence-electron chi connectivity index (χ3n) is 4.02. The Labute approximate surface area is 145 Å². The van der Waals surface area contributed by atoms with Crippen LogP contribution in [0.5, 0.6) is 0 Å². The highest BCUT2D eigenvalue weighted by atomic mass is 35.5. The minimum Gasteiger partial charge on any atom is -0.236 e. The van der Waals surface area contributed by atoms with Crippen molar-refractivity contribution >= 4 is 11.6 Å². The lowest BCUT2D eigenvalue weighted by Gasteiger charge is -1.98. The predicted octanol–water partition coefficient (Wildman–Crippen LogP) is 5.48. The normalized spacial score (nSPS) is 10.7. The van der Waals surface area contributed by atoms with Crippen LogP contribution in [-0.2, 0) is 0 Å². The standard InChI is InChI=1S/C21H15ClN2/c22-18-14-8-7-13-17(18)21-23-19(15-9-3-1-4-10-15)20(24-21)16-11-5-2-6-12-16/h1-14H,(H,23,24)/p+1. The zero-order valence-corrected chi connectivity index (χ0v) is 13.7. The molecular formula is C21H16ClN2+. The smallest absolute Gasteiger partial charge is 0.236 e. The van der Waals surface area contributed by atoms with Crippen molar-refractivity contribution in [3.63, 3.8) is 0 Å². The molecule has 1 aromatic heterocycles. The maximum absolute atomic E-state index is 6.37. The summed E-state index contributed by atoms with van der Waals surface area (Å²) in [6.07, 6.45) is 0. The first-order valence-corrected chi connectivity index (χ1v) is 8.22. The van der Waals surface area contributed by atoms with Gasteiger partial charge in [0.2, 0.25) is 0 Å². The molecule has 0 aliphatic heterocycles. The molecule has 3 heteroatoms. The number of imidazole rings is 1. The van der Waals surface area contributed by atoms with Gasteiger partial charge in [0.25, 0.3) is 5.82 Å². The molecule has 0 aliphatic carbocycles. The number of hydrogen-bond acceptors (Lipinski definition) is 0. The fraction of sp³-hybridized carbons (Fsp3) is 0. The highest BCUT2D eigenvalue weighted by Gasteiger charge is 2.22. The molecule has 3 aromatic carbocycles. The molecular weight excluding hydrogens is 316 g/mol. The Bertz CT molecular complexity index is 903. The third-order valence-corrected chi connectivity index (χ3v) is 4.35. The summed E-state index contributed by atoms with van der Waals surface area (Å²) in [5.41, 5.74) is 5.32. The first-order valence-electron chi connectivity index (χ1n) is 7.84. The molecule has 0 saturated heterocycles. The van der Waals surface area contributed by atoms with E-state index in [0.29, 0.717) is 5.02 Å². The van der Waals surface area contributed by atoms with Gasteiger partial charge in [0.05, 0.1) is 10.6 Å². The number of benzene rings is 3. The Kier molecular flexibility index (Phi) is 3.89. The van der Waals surface area contributed by atoms with Gasteiger partial charge in [-0.05, 0) is 12.1 Å². The van der Waals surface area contributed by atoms with Gasteiger partial charge in [0.15, 0.2) is 11.4 Å². The van der Waals surface area contributed by atoms with Crippen molar-refractivity contribution in [2.24, 2.45) is 0 Å². The monoisotopic (exact) mass is 331 g/mol. The summed E-state index contributed by atoms with van der Waals surface area (Å²) in [4.78, 5) is 7.03. The second kappa shape index (κ2) is 6.34. The highest BCUT2D eigenvalue weighted by Crippen LogP contribution is 2.31. The van der Waals surface area contributed by atoms with Gasteiger partial charge in [-0.1, -0.05) is 84.4 Å². The zero-order valence-electron chi connectivity index (χ0n) is 13.0. The van der Waals surface area contributed by atoms with Crippen LogP contribution in [0.15, 0.2) is 84.9 Å². The molecule has 0 bridgehead atoms. The Morgan fingerprint density at radius 1 is 0.667 bits per heavy atom. The van der Waals surface area contributed by atoms with Crippen LogP contribution in [-0.4, -0.2) is 4.98 Å². The van der Waals surface area contributed by atoms with Gasteiger partial charge in [0.1, 0.15) is 0 Å². The summed E-state index contributed by atoms with van der Waals surface area (Å²) >= 11 is 6.37. The minimum atomic E-state index is 0.717. The van der Waals surface area contributed by atoms with E-state index in [1.165, 1.54) is 0 Å². The molecule has 2 N–H and O–H groups in total. The molecule has 4 rings (SSSR count). The number of hydrogen-bond donors (Lipinski definition) is 1. The Hall–Kier alpha value is -2.84. The van der Waals surface area contributed by atoms with E-state index >= 15 is 0 Å². The molecule has 1 heterocycles. The van der Waals surface area contributed by atoms with Crippen molar-refractivity contribution in [3.05, 3.63) is 90.0 Å². The first-order chi connectivity index (χ1) is 11.8. The highest BCUT2D eigenvalue weighted by molar-refractivity contribution is 6.33. The summed E-state index contributed by atoms with van der Waals surface area (Å²) in [7, 11) is 0. The number of halogens is 1. The van der Waals surface area contributed by atoms with Crippen molar-refractivity contribution in [2.45, 2.75) is 0 Å². The molecule has 24 heavy (non-hydrogen) atoms. The van der Waals surface area contributed by atoms with E-state index in [4.69, 9.17) is 11.6 Å². The fourth-order valence-electron chi connectivity index (χ4n) is 2.85. The number of H-pyrrole nitrogens is 2. The lowest BCUT2D eigenvalue weighted by Crippen LogP contribution is -2.06. The Morgan fingerprint density at radius 2 is 1.25 bits per heavy atom. The molecule has 0 atom stereocenters. The van der Waals surface area contributed by atoms with Crippen LogP contribution in [0.1, 0.15) is 0 Å². The molecule has 0 aliphatic rings. The van der Waals surface area contributed by atoms with Crippen molar-refractivity contribution in [1.82, 2.24) is 4.98 Å². The number of aromatic nitrogens is 2. The maximum Gasteiger partial charge on any atom is 0.286 e. The predicted molar refractivity (Wildman–Crippen MR) is 98.7 cm³/mol. The van der Waals surface area contributed by atoms with Crippen molar-refractivity contribution in [2.75, 3.05) is 0 Å². The molecule has 0 radical (unpaired) electrons. The summed E-state index contributed by atoms with van der Waals surface area (Å²) in [5, 5.41) is 0.717. The largest absolute Gasteiger partial charge is 0.286 e. The zero-order chi connectivity index (χ0) is 16.4. The number of aromatic amines is 2. The minimum absolute atomic E-state index is 0.717. The summed E-state index contributed by atoms with van der Waals surface area (Å²) < 4.78 is 0. The van der Waals surface area contributed by atoms with Crippen LogP contribution >= 0.6 is 11.6 Å². The van der Waals surface area contributed by atoms with E-state index < -0.39 is 0 Å². The molecule has 0 amide bonds. The van der Waals surface area contributed by atoms with Crippen molar-refractivity contribution < 1.29 is 4.98 Å². The van der Waals surface area contributed by atoms with Gasteiger partial charge in [-0.15, -0.1) is 0 Å². The molecule has 0 saturated carbocycles. The van der Waals surface area contributed by atoms with Crippen LogP contribution in [0.2, 0.25) is 5.02 Å². The van der Waals surface area contributed by atoms with Gasteiger partial charge in [-0.2, -0.15) is 0 Å². The van der Waals surface area contributed by atoms with E-state index in [-0.39, 0.29) is 0 Å². The van der Waals surface area contributed by atoms with E-state index in [2.05, 4.69) is 34.2 Å². The van der Waals surface area contributed by atoms with Gasteiger partial charge in [-0.25, -0.2) is 9.97 Å². The average Bonchev–Trinajstić information content (AvgIpc) is 3.09. The van der Waals surface area contributed by atoms with Crippen molar-refractivity contribution in [1.29, 1.82) is 0 Å². The van der Waals surface area contributed by atoms with Crippen LogP contribution in [0.4, 0.5) is 0 Å². The summed E-state index contributed by atoms with van der Waals surface area (Å²) in [6.45, 7) is 0. The lowest BCUT2D eigenvalue weighted by molar-refractivity contribution is -0.349. The molecule has 0 fully saturated rings. The van der Waals surface area contributed by atoms with Crippen LogP contribution in [0, 0.1) is 0 Å². The van der Waals surface area contributed by atoms with Crippen LogP contribution in [0.3, 0.4) is 0 Å². The first kappa shape index (κ1) is 14.7. The lowest BCUT2D eigenvalue weighted by atomic mass is 10.1. The number of rotatable bonds is 3. The van der Waals surface area contributed by atoms with Gasteiger partial charge >= 0.3 is 0 Å². The molecule has 116 valence electrons. The molecule has 0 unspecified atom stereocenters. The molecule has 4 aromatic rings. The van der Waals surface area contributed by atoms with Crippen molar-refractivity contribution in [3.8, 4) is 33.9 Å². The fourth-order valence-corrected chi connectivity index (χ4v) is 3.08. The van der Waals surface area contributed by atoms with Crippen LogP contribution < -0.4 is 4.98 Å². The quantitative estimate of drug-likeness (QED) is 0.515. The SMILES string of the molecule is Clc1ccccc1-c1[nH]c(-c2ccccc2)c(-c2ccccc2)[nH+]1. The van der Waals surface area contributed by atoms with E-state index in [9.17, 15) is 0 Å². The van der Waals surface area contributed by atoms with Crippen LogP contribution in [0.25, 0.3) is 33.9 Å². The maximum atomic E-state index is 6.37. The molecule has 0 spiro atoms. The van der Waals surface area contributed by atoms with E-state index in [1.54, 1.807) is 0 Å². The topological polar surface area (TPSA) is 29.9 Å². The number of nitrogens with one attached hydrogen (secondary N) is 2. The van der Waals surface area contributed by atoms with Gasteiger partial charge in [-0.3, -0.25) is 0 Å². The second-order valence-corrected chi connectivity index (χ2v) is 5.99. The van der Waals surface area contributed by atoms with E-state index in [1.807, 2.05) is 60.7 Å². The van der Waals surface area contributed by atoms with Gasteiger partial charge < -0.3 is 0 Å². The molecule has 2 nitrogen and oxygen atoms in total. The summed E-state index contributed by atoms with van der Waals surface area (Å²) in [6, 6.07) is 28.4. The average molecular weight is 332 g/mol. The Balaban J connectivity index is 1.94.